The van der Waals surface area contributed by atoms with Crippen LogP contribution in [0, 0.1) is 0 Å². The minimum atomic E-state index is -0.297. The van der Waals surface area contributed by atoms with Crippen molar-refractivity contribution in [3.8, 4) is 22.8 Å². The zero-order valence-electron chi connectivity index (χ0n) is 12.5. The Labute approximate surface area is 124 Å². The van der Waals surface area contributed by atoms with E-state index in [9.17, 15) is 0 Å². The summed E-state index contributed by atoms with van der Waals surface area (Å²) >= 11 is 0. The number of nitrogens with two attached hydrogens (primary N) is 1. The van der Waals surface area contributed by atoms with Crippen molar-refractivity contribution in [3.05, 3.63) is 30.2 Å². The number of hydrogen-bond donors (Lipinski definition) is 2. The average molecular weight is 287 g/mol. The summed E-state index contributed by atoms with van der Waals surface area (Å²) in [5.41, 5.74) is 8.09. The van der Waals surface area contributed by atoms with E-state index >= 15 is 0 Å². The van der Waals surface area contributed by atoms with Crippen molar-refractivity contribution in [1.82, 2.24) is 9.97 Å². The van der Waals surface area contributed by atoms with Crippen molar-refractivity contribution < 1.29 is 9.47 Å². The molecule has 1 heterocycles. The quantitative estimate of drug-likeness (QED) is 0.907. The number of aromatic amines is 1. The topological polar surface area (TPSA) is 73.2 Å². The maximum Gasteiger partial charge on any atom is 0.161 e. The Kier molecular flexibility index (Phi) is 3.59. The highest BCUT2D eigenvalue weighted by atomic mass is 16.5. The van der Waals surface area contributed by atoms with E-state index in [1.165, 1.54) is 12.8 Å². The zero-order chi connectivity index (χ0) is 14.9. The van der Waals surface area contributed by atoms with Gasteiger partial charge in [-0.2, -0.15) is 0 Å². The third kappa shape index (κ3) is 2.49. The maximum atomic E-state index is 6.44. The molecule has 0 bridgehead atoms. The standard InChI is InChI=1S/C16H21N3O2/c1-20-13-6-5-11(9-14(13)21-2)12-10-18-15(19-12)16(17)7-3-4-8-16/h5-6,9-10H,3-4,7-8,17H2,1-2H3,(H,18,19). The summed E-state index contributed by atoms with van der Waals surface area (Å²) in [4.78, 5) is 7.86. The van der Waals surface area contributed by atoms with Crippen LogP contribution in [-0.4, -0.2) is 24.2 Å². The van der Waals surface area contributed by atoms with Gasteiger partial charge in [-0.15, -0.1) is 0 Å². The Morgan fingerprint density at radius 1 is 1.14 bits per heavy atom. The van der Waals surface area contributed by atoms with Gasteiger partial charge in [-0.3, -0.25) is 0 Å². The molecule has 112 valence electrons. The lowest BCUT2D eigenvalue weighted by Gasteiger charge is -2.20. The summed E-state index contributed by atoms with van der Waals surface area (Å²) in [6.07, 6.45) is 6.16. The second-order valence-corrected chi connectivity index (χ2v) is 5.58. The van der Waals surface area contributed by atoms with Crippen LogP contribution < -0.4 is 15.2 Å². The maximum absolute atomic E-state index is 6.44. The molecule has 1 aromatic heterocycles. The van der Waals surface area contributed by atoms with Crippen molar-refractivity contribution in [2.45, 2.75) is 31.2 Å². The van der Waals surface area contributed by atoms with Gasteiger partial charge in [0.05, 0.1) is 31.6 Å². The van der Waals surface area contributed by atoms with Crippen molar-refractivity contribution in [1.29, 1.82) is 0 Å². The van der Waals surface area contributed by atoms with E-state index in [1.807, 2.05) is 24.4 Å². The molecule has 1 fully saturated rings. The van der Waals surface area contributed by atoms with E-state index < -0.39 is 0 Å². The van der Waals surface area contributed by atoms with E-state index in [0.717, 1.165) is 29.9 Å². The second-order valence-electron chi connectivity index (χ2n) is 5.58. The molecular weight excluding hydrogens is 266 g/mol. The summed E-state index contributed by atoms with van der Waals surface area (Å²) in [7, 11) is 3.26. The highest BCUT2D eigenvalue weighted by Crippen LogP contribution is 2.36. The van der Waals surface area contributed by atoms with Crippen LogP contribution in [0.25, 0.3) is 11.3 Å². The lowest BCUT2D eigenvalue weighted by molar-refractivity contribution is 0.355. The number of nitrogens with zero attached hydrogens (tertiary/aromatic N) is 1. The van der Waals surface area contributed by atoms with E-state index in [4.69, 9.17) is 15.2 Å². The van der Waals surface area contributed by atoms with Crippen molar-refractivity contribution in [2.24, 2.45) is 5.73 Å². The van der Waals surface area contributed by atoms with E-state index in [2.05, 4.69) is 9.97 Å². The normalized spacial score (nSPS) is 16.9. The first kappa shape index (κ1) is 13.9. The molecule has 3 rings (SSSR count). The summed E-state index contributed by atoms with van der Waals surface area (Å²) in [6, 6.07) is 5.81. The molecule has 0 aliphatic heterocycles. The highest BCUT2D eigenvalue weighted by Gasteiger charge is 2.34. The highest BCUT2D eigenvalue weighted by molar-refractivity contribution is 5.63. The Morgan fingerprint density at radius 3 is 2.52 bits per heavy atom. The third-order valence-electron chi connectivity index (χ3n) is 4.24. The Bertz CT molecular complexity index is 630. The van der Waals surface area contributed by atoms with Crippen LogP contribution in [0.5, 0.6) is 11.5 Å². The number of rotatable bonds is 4. The first-order valence-electron chi connectivity index (χ1n) is 7.23. The Hall–Kier alpha value is -2.01. The van der Waals surface area contributed by atoms with Gasteiger partial charge in [0, 0.05) is 5.56 Å². The van der Waals surface area contributed by atoms with Gasteiger partial charge in [-0.05, 0) is 31.0 Å². The molecule has 1 aliphatic carbocycles. The van der Waals surface area contributed by atoms with E-state index in [-0.39, 0.29) is 5.54 Å². The lowest BCUT2D eigenvalue weighted by atomic mass is 9.99. The summed E-state index contributed by atoms with van der Waals surface area (Å²) < 4.78 is 10.6. The third-order valence-corrected chi connectivity index (χ3v) is 4.24. The monoisotopic (exact) mass is 287 g/mol. The molecule has 0 spiro atoms. The molecule has 1 saturated carbocycles. The zero-order valence-corrected chi connectivity index (χ0v) is 12.5. The fraction of sp³-hybridized carbons (Fsp3) is 0.438. The van der Waals surface area contributed by atoms with Crippen LogP contribution >= 0.6 is 0 Å². The number of aromatic nitrogens is 2. The molecule has 21 heavy (non-hydrogen) atoms. The largest absolute Gasteiger partial charge is 0.493 e. The number of imidazole rings is 1. The van der Waals surface area contributed by atoms with Crippen molar-refractivity contribution in [3.63, 3.8) is 0 Å². The van der Waals surface area contributed by atoms with Crippen molar-refractivity contribution in [2.75, 3.05) is 14.2 Å². The van der Waals surface area contributed by atoms with Gasteiger partial charge in [0.25, 0.3) is 0 Å². The molecule has 3 N–H and O–H groups in total. The minimum absolute atomic E-state index is 0.297. The van der Waals surface area contributed by atoms with Crippen LogP contribution in [0.2, 0.25) is 0 Å². The molecule has 0 unspecified atom stereocenters. The van der Waals surface area contributed by atoms with Crippen LogP contribution in [0.4, 0.5) is 0 Å². The molecule has 2 aromatic rings. The van der Waals surface area contributed by atoms with E-state index in [1.54, 1.807) is 14.2 Å². The lowest BCUT2D eigenvalue weighted by Crippen LogP contribution is -2.34. The minimum Gasteiger partial charge on any atom is -0.493 e. The van der Waals surface area contributed by atoms with Gasteiger partial charge in [0.15, 0.2) is 11.5 Å². The first-order valence-corrected chi connectivity index (χ1v) is 7.23. The second kappa shape index (κ2) is 5.41. The number of methoxy groups -OCH3 is 2. The van der Waals surface area contributed by atoms with Gasteiger partial charge in [0.2, 0.25) is 0 Å². The summed E-state index contributed by atoms with van der Waals surface area (Å²) in [5.74, 6) is 2.30. The molecule has 1 aromatic carbocycles. The average Bonchev–Trinajstić information content (AvgIpc) is 3.16. The fourth-order valence-electron chi connectivity index (χ4n) is 2.97. The molecule has 1 aliphatic rings. The number of nitrogens with one attached hydrogen (secondary N) is 1. The molecule has 0 saturated heterocycles. The van der Waals surface area contributed by atoms with Gasteiger partial charge in [-0.1, -0.05) is 12.8 Å². The molecule has 0 radical (unpaired) electrons. The fourth-order valence-corrected chi connectivity index (χ4v) is 2.97. The molecule has 0 atom stereocenters. The SMILES string of the molecule is COc1ccc(-c2cnc(C3(N)CCCC3)[nH]2)cc1OC. The predicted molar refractivity (Wildman–Crippen MR) is 81.5 cm³/mol. The van der Waals surface area contributed by atoms with Crippen LogP contribution in [0.3, 0.4) is 0 Å². The summed E-state index contributed by atoms with van der Waals surface area (Å²) in [5, 5.41) is 0. The van der Waals surface area contributed by atoms with Gasteiger partial charge >= 0.3 is 0 Å². The molecular formula is C16H21N3O2. The van der Waals surface area contributed by atoms with Crippen LogP contribution in [0.1, 0.15) is 31.5 Å². The summed E-state index contributed by atoms with van der Waals surface area (Å²) in [6.45, 7) is 0. The number of H-pyrrole nitrogens is 1. The number of ether oxygens (including phenoxy) is 2. The van der Waals surface area contributed by atoms with Crippen LogP contribution in [0.15, 0.2) is 24.4 Å². The molecule has 5 nitrogen and oxygen atoms in total. The molecule has 5 heteroatoms. The predicted octanol–water partition coefficient (Wildman–Crippen LogP) is 2.82. The van der Waals surface area contributed by atoms with Gasteiger partial charge in [0.1, 0.15) is 5.82 Å². The van der Waals surface area contributed by atoms with Crippen LogP contribution in [-0.2, 0) is 5.54 Å². The Balaban J connectivity index is 1.93. The smallest absolute Gasteiger partial charge is 0.161 e. The van der Waals surface area contributed by atoms with Gasteiger partial charge < -0.3 is 20.2 Å². The first-order chi connectivity index (χ1) is 10.2. The van der Waals surface area contributed by atoms with E-state index in [0.29, 0.717) is 11.5 Å². The number of hydrogen-bond acceptors (Lipinski definition) is 4. The Morgan fingerprint density at radius 2 is 1.86 bits per heavy atom. The number of benzene rings is 1. The molecule has 0 amide bonds. The van der Waals surface area contributed by atoms with Gasteiger partial charge in [-0.25, -0.2) is 4.98 Å². The van der Waals surface area contributed by atoms with Crippen molar-refractivity contribution >= 4 is 0 Å².